The minimum Gasteiger partial charge on any atom is -0.494 e. The van der Waals surface area contributed by atoms with Crippen molar-refractivity contribution < 1.29 is 22.7 Å². The monoisotopic (exact) mass is 553 g/mol. The Labute approximate surface area is 210 Å². The maximum atomic E-state index is 13.5. The van der Waals surface area contributed by atoms with E-state index < -0.39 is 28.5 Å². The van der Waals surface area contributed by atoms with E-state index >= 15 is 0 Å². The SMILES string of the molecule is CCCNC(=O)[C@@H](C)N(Cc1cccc(Br)c1)C(=O)CN(c1ccc(OCC)cc1)S(C)(=O)=O. The number of nitrogens with one attached hydrogen (secondary N) is 1. The maximum absolute atomic E-state index is 13.5. The number of carbonyl (C=O) groups is 2. The quantitative estimate of drug-likeness (QED) is 0.433. The van der Waals surface area contributed by atoms with E-state index in [9.17, 15) is 18.0 Å². The number of halogens is 1. The van der Waals surface area contributed by atoms with Crippen LogP contribution in [0.3, 0.4) is 0 Å². The Hall–Kier alpha value is -2.59. The number of hydrogen-bond acceptors (Lipinski definition) is 5. The van der Waals surface area contributed by atoms with Gasteiger partial charge in [0.2, 0.25) is 21.8 Å². The van der Waals surface area contributed by atoms with Gasteiger partial charge in [-0.3, -0.25) is 13.9 Å². The smallest absolute Gasteiger partial charge is 0.244 e. The van der Waals surface area contributed by atoms with Crippen LogP contribution in [0.2, 0.25) is 0 Å². The van der Waals surface area contributed by atoms with Crippen LogP contribution < -0.4 is 14.4 Å². The normalized spacial score (nSPS) is 12.0. The second-order valence-corrected chi connectivity index (χ2v) is 10.6. The number of sulfonamides is 1. The van der Waals surface area contributed by atoms with E-state index in [2.05, 4.69) is 21.2 Å². The van der Waals surface area contributed by atoms with Gasteiger partial charge in [0, 0.05) is 17.6 Å². The summed E-state index contributed by atoms with van der Waals surface area (Å²) in [5.41, 5.74) is 1.15. The number of benzene rings is 2. The third-order valence-corrected chi connectivity index (χ3v) is 6.71. The summed E-state index contributed by atoms with van der Waals surface area (Å²) in [5, 5.41) is 2.81. The van der Waals surface area contributed by atoms with E-state index in [-0.39, 0.29) is 12.5 Å². The fraction of sp³-hybridized carbons (Fsp3) is 0.417. The molecule has 0 heterocycles. The first-order valence-corrected chi connectivity index (χ1v) is 13.7. The Morgan fingerprint density at radius 1 is 1.12 bits per heavy atom. The topological polar surface area (TPSA) is 96.0 Å². The molecule has 0 radical (unpaired) electrons. The molecule has 0 spiro atoms. The summed E-state index contributed by atoms with van der Waals surface area (Å²) in [6, 6.07) is 13.1. The number of ether oxygens (including phenoxy) is 1. The van der Waals surface area contributed by atoms with Crippen molar-refractivity contribution in [3.05, 3.63) is 58.6 Å². The average molecular weight is 555 g/mol. The predicted molar refractivity (Wildman–Crippen MR) is 137 cm³/mol. The van der Waals surface area contributed by atoms with Gasteiger partial charge in [-0.15, -0.1) is 0 Å². The molecule has 0 fully saturated rings. The molecule has 8 nitrogen and oxygen atoms in total. The van der Waals surface area contributed by atoms with Crippen LogP contribution in [0.5, 0.6) is 5.75 Å². The highest BCUT2D eigenvalue weighted by Crippen LogP contribution is 2.23. The highest BCUT2D eigenvalue weighted by atomic mass is 79.9. The van der Waals surface area contributed by atoms with Gasteiger partial charge in [0.25, 0.3) is 0 Å². The molecule has 0 aliphatic rings. The van der Waals surface area contributed by atoms with Crippen LogP contribution in [-0.4, -0.2) is 57.1 Å². The average Bonchev–Trinajstić information content (AvgIpc) is 2.79. The number of carbonyl (C=O) groups excluding carboxylic acids is 2. The van der Waals surface area contributed by atoms with Gasteiger partial charge < -0.3 is 15.0 Å². The molecule has 1 N–H and O–H groups in total. The summed E-state index contributed by atoms with van der Waals surface area (Å²) in [5.74, 6) is -0.181. The molecule has 0 saturated heterocycles. The maximum Gasteiger partial charge on any atom is 0.244 e. The molecule has 0 bridgehead atoms. The zero-order valence-electron chi connectivity index (χ0n) is 20.0. The fourth-order valence-electron chi connectivity index (χ4n) is 3.30. The van der Waals surface area contributed by atoms with Gasteiger partial charge in [-0.1, -0.05) is 35.0 Å². The van der Waals surface area contributed by atoms with Gasteiger partial charge >= 0.3 is 0 Å². The van der Waals surface area contributed by atoms with Crippen molar-refractivity contribution in [2.24, 2.45) is 0 Å². The molecule has 2 rings (SSSR count). The standard InChI is InChI=1S/C24H32BrN3O5S/c1-5-14-26-24(30)18(3)27(16-19-8-7-9-20(25)15-19)23(29)17-28(34(4,31)32)21-10-12-22(13-11-21)33-6-2/h7-13,15,18H,5-6,14,16-17H2,1-4H3,(H,26,30)/t18-/m1/s1. The van der Waals surface area contributed by atoms with Crippen LogP contribution in [-0.2, 0) is 26.2 Å². The van der Waals surface area contributed by atoms with E-state index in [1.807, 2.05) is 38.1 Å². The molecule has 0 aromatic heterocycles. The molecule has 0 aliphatic heterocycles. The first-order valence-electron chi connectivity index (χ1n) is 11.1. The highest BCUT2D eigenvalue weighted by molar-refractivity contribution is 9.10. The van der Waals surface area contributed by atoms with Crippen molar-refractivity contribution in [1.29, 1.82) is 0 Å². The molecule has 34 heavy (non-hydrogen) atoms. The van der Waals surface area contributed by atoms with Gasteiger partial charge in [-0.05, 0) is 62.2 Å². The van der Waals surface area contributed by atoms with Crippen LogP contribution in [0.15, 0.2) is 53.0 Å². The van der Waals surface area contributed by atoms with E-state index in [0.717, 1.165) is 27.0 Å². The number of amides is 2. The van der Waals surface area contributed by atoms with Gasteiger partial charge in [-0.25, -0.2) is 8.42 Å². The molecule has 2 aromatic carbocycles. The molecule has 2 aromatic rings. The van der Waals surface area contributed by atoms with Gasteiger partial charge in [0.15, 0.2) is 0 Å². The van der Waals surface area contributed by atoms with Crippen molar-refractivity contribution in [2.75, 3.05) is 30.3 Å². The second kappa shape index (κ2) is 12.8. The molecule has 1 atom stereocenters. The van der Waals surface area contributed by atoms with E-state index in [0.29, 0.717) is 24.6 Å². The Bertz CT molecular complexity index is 1080. The zero-order chi connectivity index (χ0) is 25.3. The zero-order valence-corrected chi connectivity index (χ0v) is 22.4. The highest BCUT2D eigenvalue weighted by Gasteiger charge is 2.30. The van der Waals surface area contributed by atoms with Gasteiger partial charge in [0.1, 0.15) is 18.3 Å². The second-order valence-electron chi connectivity index (χ2n) is 7.82. The van der Waals surface area contributed by atoms with Crippen LogP contribution in [0, 0.1) is 0 Å². The van der Waals surface area contributed by atoms with Crippen LogP contribution in [0.1, 0.15) is 32.8 Å². The predicted octanol–water partition coefficient (Wildman–Crippen LogP) is 3.56. The molecular formula is C24H32BrN3O5S. The van der Waals surface area contributed by atoms with Crippen molar-refractivity contribution in [1.82, 2.24) is 10.2 Å². The molecule has 0 aliphatic carbocycles. The van der Waals surface area contributed by atoms with E-state index in [1.54, 1.807) is 31.2 Å². The minimum atomic E-state index is -3.77. The van der Waals surface area contributed by atoms with Crippen molar-refractivity contribution in [3.8, 4) is 5.75 Å². The Morgan fingerprint density at radius 3 is 2.35 bits per heavy atom. The molecule has 0 unspecified atom stereocenters. The summed E-state index contributed by atoms with van der Waals surface area (Å²) in [6.45, 7) is 6.12. The molecule has 2 amide bonds. The van der Waals surface area contributed by atoms with Crippen LogP contribution in [0.4, 0.5) is 5.69 Å². The first kappa shape index (κ1) is 27.7. The van der Waals surface area contributed by atoms with Crippen molar-refractivity contribution in [2.45, 2.75) is 39.8 Å². The van der Waals surface area contributed by atoms with Crippen LogP contribution >= 0.6 is 15.9 Å². The Balaban J connectivity index is 2.35. The third kappa shape index (κ3) is 8.02. The molecule has 186 valence electrons. The van der Waals surface area contributed by atoms with E-state index in [1.165, 1.54) is 4.90 Å². The number of nitrogens with zero attached hydrogens (tertiary/aromatic N) is 2. The largest absolute Gasteiger partial charge is 0.494 e. The molecular weight excluding hydrogens is 522 g/mol. The third-order valence-electron chi connectivity index (χ3n) is 5.07. The van der Waals surface area contributed by atoms with Crippen molar-refractivity contribution >= 4 is 43.5 Å². The summed E-state index contributed by atoms with van der Waals surface area (Å²) in [7, 11) is -3.77. The first-order chi connectivity index (χ1) is 16.1. The number of rotatable bonds is 12. The van der Waals surface area contributed by atoms with Crippen LogP contribution in [0.25, 0.3) is 0 Å². The lowest BCUT2D eigenvalue weighted by atomic mass is 10.1. The lowest BCUT2D eigenvalue weighted by Crippen LogP contribution is -2.51. The Morgan fingerprint density at radius 2 is 1.79 bits per heavy atom. The fourth-order valence-corrected chi connectivity index (χ4v) is 4.60. The van der Waals surface area contributed by atoms with Crippen molar-refractivity contribution in [3.63, 3.8) is 0 Å². The summed E-state index contributed by atoms with van der Waals surface area (Å²) >= 11 is 3.42. The molecule has 10 heteroatoms. The lowest BCUT2D eigenvalue weighted by molar-refractivity contribution is -0.139. The number of anilines is 1. The summed E-state index contributed by atoms with van der Waals surface area (Å²) < 4.78 is 32.5. The van der Waals surface area contributed by atoms with Gasteiger partial charge in [-0.2, -0.15) is 0 Å². The summed E-state index contributed by atoms with van der Waals surface area (Å²) in [6.07, 6.45) is 1.81. The minimum absolute atomic E-state index is 0.153. The molecule has 0 saturated carbocycles. The van der Waals surface area contributed by atoms with E-state index in [4.69, 9.17) is 4.74 Å². The van der Waals surface area contributed by atoms with Gasteiger partial charge in [0.05, 0.1) is 18.6 Å². The number of hydrogen-bond donors (Lipinski definition) is 1. The summed E-state index contributed by atoms with van der Waals surface area (Å²) in [4.78, 5) is 27.6. The Kier molecular flexibility index (Phi) is 10.4. The lowest BCUT2D eigenvalue weighted by Gasteiger charge is -2.31.